The molecule has 0 unspecified atom stereocenters. The summed E-state index contributed by atoms with van der Waals surface area (Å²) in [5.74, 6) is -0.0554. The molecule has 148 valence electrons. The van der Waals surface area contributed by atoms with Crippen molar-refractivity contribution in [1.82, 2.24) is 20.6 Å². The quantitative estimate of drug-likeness (QED) is 0.855. The molecular weight excluding hydrogens is 352 g/mol. The van der Waals surface area contributed by atoms with E-state index in [0.717, 1.165) is 74.0 Å². The van der Waals surface area contributed by atoms with Gasteiger partial charge in [-0.3, -0.25) is 15.0 Å². The highest BCUT2D eigenvalue weighted by Gasteiger charge is 2.19. The van der Waals surface area contributed by atoms with Gasteiger partial charge in [-0.15, -0.1) is 0 Å². The number of carbonyl (C=O) groups is 1. The lowest BCUT2D eigenvalue weighted by Gasteiger charge is -2.21. The van der Waals surface area contributed by atoms with E-state index in [9.17, 15) is 9.59 Å². The fraction of sp³-hybridized carbons (Fsp3) is 0.500. The molecule has 1 aliphatic heterocycles. The minimum Gasteiger partial charge on any atom is -0.285 e. The summed E-state index contributed by atoms with van der Waals surface area (Å²) in [5, 5.41) is 9.02. The molecule has 2 N–H and O–H groups in total. The molecule has 1 aliphatic carbocycles. The lowest BCUT2D eigenvalue weighted by molar-refractivity contribution is 0.0794. The molecule has 1 amide bonds. The van der Waals surface area contributed by atoms with Gasteiger partial charge in [0.15, 0.2) is 0 Å². The Balaban J connectivity index is 1.50. The molecule has 0 bridgehead atoms. The molecule has 6 heteroatoms. The van der Waals surface area contributed by atoms with Crippen molar-refractivity contribution in [3.05, 3.63) is 62.6 Å². The highest BCUT2D eigenvalue weighted by Crippen LogP contribution is 2.22. The van der Waals surface area contributed by atoms with Gasteiger partial charge in [0, 0.05) is 30.6 Å². The topological polar surface area (TPSA) is 78.1 Å². The first-order chi connectivity index (χ1) is 13.7. The highest BCUT2D eigenvalue weighted by atomic mass is 16.2. The van der Waals surface area contributed by atoms with E-state index >= 15 is 0 Å². The summed E-state index contributed by atoms with van der Waals surface area (Å²) < 4.78 is 0. The summed E-state index contributed by atoms with van der Waals surface area (Å²) in [6.07, 6.45) is 9.26. The van der Waals surface area contributed by atoms with E-state index in [0.29, 0.717) is 12.0 Å². The molecule has 1 fully saturated rings. The third-order valence-electron chi connectivity index (χ3n) is 5.81. The highest BCUT2D eigenvalue weighted by molar-refractivity contribution is 5.94. The summed E-state index contributed by atoms with van der Waals surface area (Å²) >= 11 is 0. The number of amides is 1. The molecule has 2 aromatic rings. The number of nitrogens with one attached hydrogen (secondary N) is 2. The zero-order valence-corrected chi connectivity index (χ0v) is 16.3. The third kappa shape index (κ3) is 4.33. The van der Waals surface area contributed by atoms with Crippen LogP contribution in [0.1, 0.15) is 71.3 Å². The molecule has 1 aromatic heterocycles. The molecule has 6 nitrogen and oxygen atoms in total. The van der Waals surface area contributed by atoms with E-state index in [1.807, 2.05) is 29.3 Å². The van der Waals surface area contributed by atoms with Crippen molar-refractivity contribution in [2.75, 3.05) is 13.1 Å². The molecule has 0 spiro atoms. The van der Waals surface area contributed by atoms with Crippen LogP contribution < -0.4 is 11.0 Å². The maximum Gasteiger partial charge on any atom is 0.267 e. The van der Waals surface area contributed by atoms with Gasteiger partial charge >= 0.3 is 0 Å². The van der Waals surface area contributed by atoms with Gasteiger partial charge in [-0.1, -0.05) is 25.0 Å². The van der Waals surface area contributed by atoms with Crippen LogP contribution in [0, 0.1) is 0 Å². The van der Waals surface area contributed by atoms with E-state index < -0.39 is 0 Å². The maximum absolute atomic E-state index is 12.7. The SMILES string of the molecule is O=C(NN1CCCCCC1)c1cccc(Cc2n[nH]c(=O)c3c2CCCC3)c1. The predicted molar refractivity (Wildman–Crippen MR) is 108 cm³/mol. The van der Waals surface area contributed by atoms with E-state index in [2.05, 4.69) is 15.6 Å². The number of aromatic nitrogens is 2. The van der Waals surface area contributed by atoms with Crippen LogP contribution in [-0.4, -0.2) is 34.2 Å². The van der Waals surface area contributed by atoms with Gasteiger partial charge in [-0.2, -0.15) is 5.10 Å². The molecule has 0 atom stereocenters. The Bertz CT molecular complexity index is 898. The maximum atomic E-state index is 12.7. The van der Waals surface area contributed by atoms with Gasteiger partial charge in [0.05, 0.1) is 5.69 Å². The molecule has 1 saturated heterocycles. The number of nitrogens with zero attached hydrogens (tertiary/aromatic N) is 2. The fourth-order valence-electron chi connectivity index (χ4n) is 4.28. The number of hydrogen-bond acceptors (Lipinski definition) is 4. The van der Waals surface area contributed by atoms with Crippen molar-refractivity contribution in [3.63, 3.8) is 0 Å². The van der Waals surface area contributed by atoms with Crippen LogP contribution in [0.25, 0.3) is 0 Å². The van der Waals surface area contributed by atoms with E-state index in [-0.39, 0.29) is 11.5 Å². The second kappa shape index (κ2) is 8.69. The standard InChI is InChI=1S/C22H28N4O2/c27-21(25-26-12-5-1-2-6-13-26)17-9-7-8-16(14-17)15-20-18-10-3-4-11-19(18)22(28)24-23-20/h7-9,14H,1-6,10-13,15H2,(H,24,28)(H,25,27). The Morgan fingerprint density at radius 2 is 1.79 bits per heavy atom. The number of hydrogen-bond donors (Lipinski definition) is 2. The molecular formula is C22H28N4O2. The largest absolute Gasteiger partial charge is 0.285 e. The van der Waals surface area contributed by atoms with E-state index in [1.54, 1.807) is 0 Å². The zero-order chi connectivity index (χ0) is 19.3. The molecule has 0 saturated carbocycles. The van der Waals surface area contributed by atoms with Crippen LogP contribution in [0.15, 0.2) is 29.1 Å². The van der Waals surface area contributed by atoms with Crippen molar-refractivity contribution in [3.8, 4) is 0 Å². The Morgan fingerprint density at radius 3 is 2.57 bits per heavy atom. The number of H-pyrrole nitrogens is 1. The lowest BCUT2D eigenvalue weighted by Crippen LogP contribution is -2.42. The van der Waals surface area contributed by atoms with Gasteiger partial charge < -0.3 is 0 Å². The van der Waals surface area contributed by atoms with Crippen molar-refractivity contribution >= 4 is 5.91 Å². The normalized spacial score (nSPS) is 17.6. The summed E-state index contributed by atoms with van der Waals surface area (Å²) in [7, 11) is 0. The van der Waals surface area contributed by atoms with Gasteiger partial charge in [0.25, 0.3) is 11.5 Å². The smallest absolute Gasteiger partial charge is 0.267 e. The number of benzene rings is 1. The molecule has 0 radical (unpaired) electrons. The summed E-state index contributed by atoms with van der Waals surface area (Å²) in [5.41, 5.74) is 7.64. The number of hydrazine groups is 1. The average molecular weight is 380 g/mol. The van der Waals surface area contributed by atoms with Crippen molar-refractivity contribution < 1.29 is 4.79 Å². The molecule has 4 rings (SSSR count). The first-order valence-corrected chi connectivity index (χ1v) is 10.4. The summed E-state index contributed by atoms with van der Waals surface area (Å²) in [6.45, 7) is 1.83. The van der Waals surface area contributed by atoms with Crippen LogP contribution in [0.2, 0.25) is 0 Å². The molecule has 2 aliphatic rings. The van der Waals surface area contributed by atoms with E-state index in [1.165, 1.54) is 12.8 Å². The molecule has 2 heterocycles. The van der Waals surface area contributed by atoms with Crippen molar-refractivity contribution in [2.45, 2.75) is 57.8 Å². The number of aromatic amines is 1. The predicted octanol–water partition coefficient (Wildman–Crippen LogP) is 2.76. The minimum atomic E-state index is -0.0554. The zero-order valence-electron chi connectivity index (χ0n) is 16.3. The summed E-state index contributed by atoms with van der Waals surface area (Å²) in [6, 6.07) is 7.73. The average Bonchev–Trinajstić information content (AvgIpc) is 2.99. The van der Waals surface area contributed by atoms with Gasteiger partial charge in [-0.25, -0.2) is 10.1 Å². The van der Waals surface area contributed by atoms with Gasteiger partial charge in [0.1, 0.15) is 0 Å². The van der Waals surface area contributed by atoms with Gasteiger partial charge in [-0.05, 0) is 61.8 Å². The molecule has 28 heavy (non-hydrogen) atoms. The van der Waals surface area contributed by atoms with E-state index in [4.69, 9.17) is 0 Å². The first-order valence-electron chi connectivity index (χ1n) is 10.4. The van der Waals surface area contributed by atoms with Crippen LogP contribution >= 0.6 is 0 Å². The summed E-state index contributed by atoms with van der Waals surface area (Å²) in [4.78, 5) is 24.7. The Hall–Kier alpha value is -2.47. The van der Waals surface area contributed by atoms with Crippen molar-refractivity contribution in [1.29, 1.82) is 0 Å². The lowest BCUT2D eigenvalue weighted by atomic mass is 9.90. The minimum absolute atomic E-state index is 0.0518. The van der Waals surface area contributed by atoms with Crippen LogP contribution in [0.5, 0.6) is 0 Å². The first kappa shape index (κ1) is 18.9. The second-order valence-electron chi connectivity index (χ2n) is 7.88. The number of rotatable bonds is 4. The Labute approximate surface area is 165 Å². The monoisotopic (exact) mass is 380 g/mol. The number of carbonyl (C=O) groups excluding carboxylic acids is 1. The second-order valence-corrected chi connectivity index (χ2v) is 7.88. The van der Waals surface area contributed by atoms with Crippen LogP contribution in [0.3, 0.4) is 0 Å². The van der Waals surface area contributed by atoms with Crippen LogP contribution in [-0.2, 0) is 19.3 Å². The fourth-order valence-corrected chi connectivity index (χ4v) is 4.28. The Kier molecular flexibility index (Phi) is 5.86. The Morgan fingerprint density at radius 1 is 1.04 bits per heavy atom. The van der Waals surface area contributed by atoms with Gasteiger partial charge in [0.2, 0.25) is 0 Å². The van der Waals surface area contributed by atoms with Crippen molar-refractivity contribution in [2.24, 2.45) is 0 Å². The third-order valence-corrected chi connectivity index (χ3v) is 5.81. The van der Waals surface area contributed by atoms with Crippen LogP contribution in [0.4, 0.5) is 0 Å². The number of fused-ring (bicyclic) bond motifs is 1. The molecule has 1 aromatic carbocycles.